The second kappa shape index (κ2) is 16.3. The monoisotopic (exact) mass is 376 g/mol. The van der Waals surface area contributed by atoms with Gasteiger partial charge in [0.2, 0.25) is 0 Å². The Balaban J connectivity index is 3.84. The molecule has 0 aromatic heterocycles. The van der Waals surface area contributed by atoms with Gasteiger partial charge >= 0.3 is 0 Å². The summed E-state index contributed by atoms with van der Waals surface area (Å²) in [5.74, 6) is 0. The highest BCUT2D eigenvalue weighted by Crippen LogP contribution is 2.14. The van der Waals surface area contributed by atoms with E-state index in [4.69, 9.17) is 0 Å². The molecule has 0 aliphatic carbocycles. The van der Waals surface area contributed by atoms with Crippen molar-refractivity contribution in [2.75, 3.05) is 32.0 Å². The predicted octanol–water partition coefficient (Wildman–Crippen LogP) is 6.94. The minimum absolute atomic E-state index is 1.16. The number of unbranched alkanes of at least 4 members (excludes halogenated alkanes) is 10. The Hall–Kier alpha value is 0.440. The summed E-state index contributed by atoms with van der Waals surface area (Å²) in [5.41, 5.74) is 0. The molecule has 0 aliphatic rings. The van der Waals surface area contributed by atoms with Crippen LogP contribution in [0.5, 0.6) is 0 Å². The lowest BCUT2D eigenvalue weighted by atomic mass is 10.1. The predicted molar refractivity (Wildman–Crippen MR) is 106 cm³/mol. The number of rotatable bonds is 17. The lowest BCUT2D eigenvalue weighted by Gasteiger charge is -2.35. The van der Waals surface area contributed by atoms with Crippen molar-refractivity contribution in [3.05, 3.63) is 0 Å². The van der Waals surface area contributed by atoms with Crippen LogP contribution in [0.25, 0.3) is 0 Å². The molecule has 0 aliphatic heterocycles. The van der Waals surface area contributed by atoms with Crippen molar-refractivity contribution in [3.63, 3.8) is 0 Å². The van der Waals surface area contributed by atoms with E-state index in [0.717, 1.165) is 5.33 Å². The summed E-state index contributed by atoms with van der Waals surface area (Å²) in [6.45, 7) is 8.75. The Kier molecular flexibility index (Phi) is 16.6. The van der Waals surface area contributed by atoms with Gasteiger partial charge in [-0.25, -0.2) is 0 Å². The van der Waals surface area contributed by atoms with Crippen LogP contribution in [0.4, 0.5) is 0 Å². The second-order valence-corrected chi connectivity index (χ2v) is 8.16. The number of hydrogen-bond acceptors (Lipinski definition) is 0. The first-order chi connectivity index (χ1) is 10.7. The van der Waals surface area contributed by atoms with Crippen LogP contribution in [-0.2, 0) is 0 Å². The number of alkyl halides is 1. The lowest BCUT2D eigenvalue weighted by molar-refractivity contribution is -0.910. The normalized spacial score (nSPS) is 12.0. The summed E-state index contributed by atoms with van der Waals surface area (Å²) in [6.07, 6.45) is 18.4. The maximum atomic E-state index is 3.61. The fourth-order valence-electron chi connectivity index (χ4n) is 3.32. The van der Waals surface area contributed by atoms with Gasteiger partial charge in [0.15, 0.2) is 0 Å². The smallest absolute Gasteiger partial charge is 0.0792 e. The molecule has 0 N–H and O–H groups in total. The molecule has 2 heteroatoms. The van der Waals surface area contributed by atoms with Gasteiger partial charge in [0.05, 0.1) is 26.7 Å². The maximum Gasteiger partial charge on any atom is 0.0792 e. The van der Waals surface area contributed by atoms with E-state index in [1.54, 1.807) is 0 Å². The van der Waals surface area contributed by atoms with Crippen molar-refractivity contribution in [1.29, 1.82) is 0 Å². The van der Waals surface area contributed by atoms with Crippen LogP contribution in [0.1, 0.15) is 97.3 Å². The topological polar surface area (TPSA) is 0 Å². The zero-order valence-corrected chi connectivity index (χ0v) is 17.4. The van der Waals surface area contributed by atoms with Gasteiger partial charge in [-0.3, -0.25) is 0 Å². The third kappa shape index (κ3) is 14.1. The first-order valence-electron chi connectivity index (χ1n) is 10.1. The zero-order chi connectivity index (χ0) is 16.5. The third-order valence-electron chi connectivity index (χ3n) is 4.93. The van der Waals surface area contributed by atoms with Crippen molar-refractivity contribution in [3.8, 4) is 0 Å². The molecule has 1 nitrogen and oxygen atoms in total. The van der Waals surface area contributed by atoms with Gasteiger partial charge in [-0.2, -0.15) is 0 Å². The SMILES string of the molecule is CCCCCCCC[N+](C)(CCCBr)CCCCCCCC. The number of nitrogens with zero attached hydrogens (tertiary/aromatic N) is 1. The van der Waals surface area contributed by atoms with Gasteiger partial charge in [0.1, 0.15) is 0 Å². The van der Waals surface area contributed by atoms with Crippen LogP contribution in [0.15, 0.2) is 0 Å². The van der Waals surface area contributed by atoms with E-state index in [-0.39, 0.29) is 0 Å². The van der Waals surface area contributed by atoms with E-state index in [0.29, 0.717) is 0 Å². The Morgan fingerprint density at radius 3 is 1.32 bits per heavy atom. The highest BCUT2D eigenvalue weighted by atomic mass is 79.9. The van der Waals surface area contributed by atoms with Crippen LogP contribution < -0.4 is 0 Å². The van der Waals surface area contributed by atoms with Crippen LogP contribution in [-0.4, -0.2) is 36.5 Å². The second-order valence-electron chi connectivity index (χ2n) is 7.37. The van der Waals surface area contributed by atoms with Crippen LogP contribution in [0.2, 0.25) is 0 Å². The van der Waals surface area contributed by atoms with E-state index in [9.17, 15) is 0 Å². The standard InChI is InChI=1S/C20H43BrN/c1-4-6-8-10-12-14-18-22(3,20-16-17-21)19-15-13-11-9-7-5-2/h4-20H2,1-3H3/q+1. The molecule has 0 radical (unpaired) electrons. The van der Waals surface area contributed by atoms with Crippen molar-refractivity contribution >= 4 is 15.9 Å². The largest absolute Gasteiger partial charge is 0.326 e. The van der Waals surface area contributed by atoms with Crippen molar-refractivity contribution in [2.45, 2.75) is 97.3 Å². The van der Waals surface area contributed by atoms with Gasteiger partial charge in [0, 0.05) is 11.8 Å². The average Bonchev–Trinajstić information content (AvgIpc) is 2.52. The minimum atomic E-state index is 1.16. The lowest BCUT2D eigenvalue weighted by Crippen LogP contribution is -2.46. The Bertz CT molecular complexity index is 202. The highest BCUT2D eigenvalue weighted by molar-refractivity contribution is 9.09. The van der Waals surface area contributed by atoms with Crippen molar-refractivity contribution < 1.29 is 4.48 Å². The fraction of sp³-hybridized carbons (Fsp3) is 1.00. The quantitative estimate of drug-likeness (QED) is 0.146. The molecule has 0 rings (SSSR count). The Morgan fingerprint density at radius 1 is 0.545 bits per heavy atom. The van der Waals surface area contributed by atoms with E-state index in [2.05, 4.69) is 36.8 Å². The van der Waals surface area contributed by atoms with Crippen molar-refractivity contribution in [1.82, 2.24) is 0 Å². The van der Waals surface area contributed by atoms with E-state index < -0.39 is 0 Å². The molecular weight excluding hydrogens is 334 g/mol. The molecule has 0 aromatic carbocycles. The van der Waals surface area contributed by atoms with Gasteiger partial charge in [-0.1, -0.05) is 81.1 Å². The van der Waals surface area contributed by atoms with Crippen LogP contribution >= 0.6 is 15.9 Å². The molecule has 0 saturated heterocycles. The summed E-state index contributed by atoms with van der Waals surface area (Å²) >= 11 is 3.61. The molecule has 0 amide bonds. The zero-order valence-electron chi connectivity index (χ0n) is 15.8. The fourth-order valence-corrected chi connectivity index (χ4v) is 3.58. The summed E-state index contributed by atoms with van der Waals surface area (Å²) in [4.78, 5) is 0. The molecule has 0 bridgehead atoms. The maximum absolute atomic E-state index is 3.61. The summed E-state index contributed by atoms with van der Waals surface area (Å²) in [7, 11) is 2.50. The molecule has 0 heterocycles. The number of halogens is 1. The van der Waals surface area contributed by atoms with Crippen molar-refractivity contribution in [2.24, 2.45) is 0 Å². The molecule has 0 saturated carbocycles. The van der Waals surface area contributed by atoms with Crippen LogP contribution in [0, 0.1) is 0 Å². The summed E-state index contributed by atoms with van der Waals surface area (Å²) in [5, 5.41) is 1.16. The number of quaternary nitrogens is 1. The summed E-state index contributed by atoms with van der Waals surface area (Å²) < 4.78 is 1.31. The van der Waals surface area contributed by atoms with Gasteiger partial charge in [-0.05, 0) is 25.7 Å². The first kappa shape index (κ1) is 22.4. The van der Waals surface area contributed by atoms with Gasteiger partial charge in [-0.15, -0.1) is 0 Å². The Labute approximate surface area is 150 Å². The average molecular weight is 377 g/mol. The first-order valence-corrected chi connectivity index (χ1v) is 11.2. The molecule has 0 aromatic rings. The summed E-state index contributed by atoms with van der Waals surface area (Å²) in [6, 6.07) is 0. The molecule has 0 unspecified atom stereocenters. The molecule has 134 valence electrons. The third-order valence-corrected chi connectivity index (χ3v) is 5.50. The minimum Gasteiger partial charge on any atom is -0.326 e. The van der Waals surface area contributed by atoms with Gasteiger partial charge < -0.3 is 4.48 Å². The molecule has 22 heavy (non-hydrogen) atoms. The molecule has 0 atom stereocenters. The molecule has 0 fully saturated rings. The highest BCUT2D eigenvalue weighted by Gasteiger charge is 2.19. The molecular formula is C20H43BrN+. The van der Waals surface area contributed by atoms with E-state index in [1.807, 2.05) is 0 Å². The van der Waals surface area contributed by atoms with Crippen LogP contribution in [0.3, 0.4) is 0 Å². The number of hydrogen-bond donors (Lipinski definition) is 0. The Morgan fingerprint density at radius 2 is 0.909 bits per heavy atom. The van der Waals surface area contributed by atoms with E-state index in [1.165, 1.54) is 108 Å². The van der Waals surface area contributed by atoms with Gasteiger partial charge in [0.25, 0.3) is 0 Å². The molecule has 0 spiro atoms. The van der Waals surface area contributed by atoms with E-state index >= 15 is 0 Å².